The van der Waals surface area contributed by atoms with Crippen LogP contribution in [0.3, 0.4) is 0 Å². The van der Waals surface area contributed by atoms with Crippen molar-refractivity contribution in [2.24, 2.45) is 5.92 Å². The summed E-state index contributed by atoms with van der Waals surface area (Å²) in [6.45, 7) is 8.67. The molecule has 1 amide bonds. The van der Waals surface area contributed by atoms with Crippen LogP contribution >= 0.6 is 11.5 Å². The Bertz CT molecular complexity index is 1450. The molecule has 0 aliphatic carbocycles. The Morgan fingerprint density at radius 1 is 1.11 bits per heavy atom. The van der Waals surface area contributed by atoms with E-state index in [0.29, 0.717) is 33.8 Å². The van der Waals surface area contributed by atoms with E-state index in [2.05, 4.69) is 4.37 Å². The minimum atomic E-state index is -0.437. The van der Waals surface area contributed by atoms with Crippen molar-refractivity contribution in [2.75, 3.05) is 6.54 Å². The van der Waals surface area contributed by atoms with Gasteiger partial charge in [-0.1, -0.05) is 0 Å². The number of aryl methyl sites for hydroxylation is 2. The fourth-order valence-electron chi connectivity index (χ4n) is 4.52. The maximum atomic E-state index is 13.9. The number of hydrogen-bond donors (Lipinski definition) is 0. The molecular formula is C28H32AsFN4O2S. The molecule has 6 nitrogen and oxygen atoms in total. The van der Waals surface area contributed by atoms with Gasteiger partial charge in [0.2, 0.25) is 0 Å². The van der Waals surface area contributed by atoms with Crippen LogP contribution < -0.4 is 5.56 Å². The van der Waals surface area contributed by atoms with Crippen LogP contribution in [0.15, 0.2) is 53.3 Å². The molecule has 2 aromatic heterocycles. The van der Waals surface area contributed by atoms with Gasteiger partial charge >= 0.3 is 225 Å². The molecule has 4 aromatic rings. The van der Waals surface area contributed by atoms with Gasteiger partial charge < -0.3 is 0 Å². The van der Waals surface area contributed by atoms with Crippen molar-refractivity contribution >= 4 is 44.5 Å². The van der Waals surface area contributed by atoms with Gasteiger partial charge in [0.1, 0.15) is 0 Å². The monoisotopic (exact) mass is 582 g/mol. The Hall–Kier alpha value is -2.83. The van der Waals surface area contributed by atoms with Gasteiger partial charge in [0, 0.05) is 0 Å². The average Bonchev–Trinajstić information content (AvgIpc) is 3.25. The molecule has 0 saturated carbocycles. The normalized spacial score (nSPS) is 12.3. The van der Waals surface area contributed by atoms with Gasteiger partial charge in [0.05, 0.1) is 0 Å². The number of benzene rings is 2. The molecule has 9 heteroatoms. The van der Waals surface area contributed by atoms with Gasteiger partial charge in [-0.3, -0.25) is 0 Å². The number of rotatable bonds is 9. The predicted molar refractivity (Wildman–Crippen MR) is 150 cm³/mol. The van der Waals surface area contributed by atoms with Crippen molar-refractivity contribution in [3.05, 3.63) is 92.9 Å². The predicted octanol–water partition coefficient (Wildman–Crippen LogP) is 4.94. The SMILES string of the molecule is Cc1ccc(C(=O)N(CCC[AsH2])C(c2nc3snc(C)c3c(=O)n2Cc2ccc(F)cc2)C(C)C)cc1. The van der Waals surface area contributed by atoms with Crippen molar-refractivity contribution in [1.29, 1.82) is 0 Å². The van der Waals surface area contributed by atoms with Crippen LogP contribution in [0.5, 0.6) is 0 Å². The molecule has 2 heterocycles. The van der Waals surface area contributed by atoms with Crippen molar-refractivity contribution in [1.82, 2.24) is 18.8 Å². The van der Waals surface area contributed by atoms with Crippen molar-refractivity contribution in [2.45, 2.75) is 51.9 Å². The van der Waals surface area contributed by atoms with Gasteiger partial charge in [-0.15, -0.1) is 0 Å². The number of hydrogen-bond acceptors (Lipinski definition) is 5. The van der Waals surface area contributed by atoms with Crippen LogP contribution in [0.1, 0.15) is 59.3 Å². The average molecular weight is 583 g/mol. The summed E-state index contributed by atoms with van der Waals surface area (Å²) in [4.78, 5) is 35.2. The summed E-state index contributed by atoms with van der Waals surface area (Å²) in [7, 11) is 0. The molecule has 37 heavy (non-hydrogen) atoms. The number of aromatic nitrogens is 3. The number of carbonyl (C=O) groups is 1. The number of halogens is 1. The molecule has 0 saturated heterocycles. The molecule has 0 fully saturated rings. The van der Waals surface area contributed by atoms with Gasteiger partial charge in [-0.2, -0.15) is 0 Å². The Labute approximate surface area is 229 Å². The molecule has 194 valence electrons. The van der Waals surface area contributed by atoms with Gasteiger partial charge in [0.25, 0.3) is 0 Å². The van der Waals surface area contributed by atoms with E-state index in [0.717, 1.165) is 22.8 Å². The van der Waals surface area contributed by atoms with E-state index in [-0.39, 0.29) is 29.7 Å². The molecule has 0 bridgehead atoms. The van der Waals surface area contributed by atoms with E-state index in [1.165, 1.54) is 23.7 Å². The fraction of sp³-hybridized carbons (Fsp3) is 0.357. The Morgan fingerprint density at radius 3 is 2.41 bits per heavy atom. The standard InChI is InChI=1S/C28H32AsFN4O2S/c1-17(2)24(33(15-5-14-29)27(35)21-10-6-18(3)7-11-21)25-31-26-23(19(4)32-37-26)28(36)34(25)16-20-8-12-22(30)13-9-20/h6-13,17,24H,5,14-16,29H2,1-4H3. The summed E-state index contributed by atoms with van der Waals surface area (Å²) in [5, 5.41) is 1.48. The quantitative estimate of drug-likeness (QED) is 0.263. The first-order valence-corrected chi connectivity index (χ1v) is 14.9. The third kappa shape index (κ3) is 5.86. The number of carbonyl (C=O) groups excluding carboxylic acids is 1. The summed E-state index contributed by atoms with van der Waals surface area (Å²) in [5.41, 5.74) is 2.92. The molecule has 2 aromatic carbocycles. The fourth-order valence-corrected chi connectivity index (χ4v) is 5.68. The molecule has 0 aliphatic heterocycles. The van der Waals surface area contributed by atoms with Gasteiger partial charge in [0.15, 0.2) is 0 Å². The molecule has 2 atom stereocenters. The van der Waals surface area contributed by atoms with Crippen molar-refractivity contribution in [3.63, 3.8) is 0 Å². The zero-order chi connectivity index (χ0) is 26.7. The van der Waals surface area contributed by atoms with Crippen LogP contribution in [-0.4, -0.2) is 48.1 Å². The topological polar surface area (TPSA) is 68.1 Å². The number of fused-ring (bicyclic) bond motifs is 1. The van der Waals surface area contributed by atoms with E-state index in [1.54, 1.807) is 40.5 Å². The second-order valence-electron chi connectivity index (χ2n) is 9.63. The molecule has 0 aliphatic rings. The van der Waals surface area contributed by atoms with E-state index < -0.39 is 6.04 Å². The van der Waals surface area contributed by atoms with Crippen molar-refractivity contribution < 1.29 is 9.18 Å². The molecule has 0 spiro atoms. The summed E-state index contributed by atoms with van der Waals surface area (Å²) in [6.07, 6.45) is 0.852. The summed E-state index contributed by atoms with van der Waals surface area (Å²) >= 11 is 2.82. The second-order valence-corrected chi connectivity index (χ2v) is 11.6. The minimum absolute atomic E-state index is 0.0189. The second kappa shape index (κ2) is 11.7. The molecule has 0 N–H and O–H groups in total. The number of nitrogens with zero attached hydrogens (tertiary/aromatic N) is 4. The van der Waals surface area contributed by atoms with Crippen LogP contribution in [0.25, 0.3) is 10.2 Å². The zero-order valence-corrected chi connectivity index (χ0v) is 24.8. The Kier molecular flexibility index (Phi) is 8.60. The first kappa shape index (κ1) is 27.2. The zero-order valence-electron chi connectivity index (χ0n) is 21.6. The molecule has 4 rings (SSSR count). The van der Waals surface area contributed by atoms with Crippen LogP contribution in [-0.2, 0) is 6.54 Å². The van der Waals surface area contributed by atoms with Gasteiger partial charge in [-0.25, -0.2) is 4.39 Å². The van der Waals surface area contributed by atoms with Crippen LogP contribution in [0.4, 0.5) is 4.39 Å². The molecule has 0 radical (unpaired) electrons. The third-order valence-electron chi connectivity index (χ3n) is 6.44. The first-order valence-electron chi connectivity index (χ1n) is 12.4. The summed E-state index contributed by atoms with van der Waals surface area (Å²) < 4.78 is 19.6. The maximum absolute atomic E-state index is 13.9. The summed E-state index contributed by atoms with van der Waals surface area (Å²) in [5.74, 6) is 0.0961. The van der Waals surface area contributed by atoms with Gasteiger partial charge in [-0.05, 0) is 0 Å². The van der Waals surface area contributed by atoms with E-state index in [4.69, 9.17) is 4.98 Å². The van der Waals surface area contributed by atoms with E-state index in [9.17, 15) is 14.0 Å². The van der Waals surface area contributed by atoms with Crippen molar-refractivity contribution in [3.8, 4) is 0 Å². The molecule has 2 unspecified atom stereocenters. The number of amides is 1. The van der Waals surface area contributed by atoms with E-state index in [1.807, 2.05) is 49.9 Å². The summed E-state index contributed by atoms with van der Waals surface area (Å²) in [6, 6.07) is 13.3. The first-order chi connectivity index (χ1) is 17.7. The Balaban J connectivity index is 1.90. The molecular weight excluding hydrogens is 550 g/mol. The Morgan fingerprint density at radius 2 is 1.78 bits per heavy atom. The van der Waals surface area contributed by atoms with Crippen LogP contribution in [0.2, 0.25) is 5.21 Å². The van der Waals surface area contributed by atoms with E-state index >= 15 is 0 Å². The van der Waals surface area contributed by atoms with Crippen LogP contribution in [0, 0.1) is 25.6 Å². The third-order valence-corrected chi connectivity index (χ3v) is 8.13.